The van der Waals surface area contributed by atoms with E-state index >= 15 is 0 Å². The number of pyridine rings is 1. The summed E-state index contributed by atoms with van der Waals surface area (Å²) in [6.45, 7) is 8.30. The fraction of sp³-hybridized carbons (Fsp3) is 0.433. The highest BCUT2D eigenvalue weighted by atomic mass is 16.7. The number of hydrogen-bond acceptors (Lipinski definition) is 9. The first kappa shape index (κ1) is 29.7. The van der Waals surface area contributed by atoms with Crippen molar-refractivity contribution in [2.75, 3.05) is 5.32 Å². The number of nitrogens with zero attached hydrogens (tertiary/aromatic N) is 4. The molecule has 1 aliphatic rings. The van der Waals surface area contributed by atoms with Gasteiger partial charge >= 0.3 is 6.16 Å². The molecule has 3 N–H and O–H groups in total. The number of carbonyl (C=O) groups excluding carboxylic acids is 1. The molecule has 4 rings (SSSR count). The third-order valence-corrected chi connectivity index (χ3v) is 6.81. The lowest BCUT2D eigenvalue weighted by Crippen LogP contribution is -2.24. The Morgan fingerprint density at radius 2 is 2.00 bits per heavy atom. The third kappa shape index (κ3) is 8.37. The zero-order chi connectivity index (χ0) is 29.6. The number of hydrogen-bond donors (Lipinski definition) is 2. The van der Waals surface area contributed by atoms with Gasteiger partial charge in [-0.3, -0.25) is 15.1 Å². The Kier molecular flexibility index (Phi) is 9.38. The SMILES string of the molecule is C[C@@H](N)CC/C=C/c1cc(Nc2cc([C@H]3CC[C@@H](OC(=O)Oc4ccc([N+](=O)[O-])cc4)C3)nn2C(C)(C)C)ccn1. The Bertz CT molecular complexity index is 1380. The van der Waals surface area contributed by atoms with E-state index in [4.69, 9.17) is 20.3 Å². The molecule has 218 valence electrons. The lowest BCUT2D eigenvalue weighted by molar-refractivity contribution is -0.384. The van der Waals surface area contributed by atoms with Crippen molar-refractivity contribution in [3.8, 4) is 5.75 Å². The lowest BCUT2D eigenvalue weighted by Gasteiger charge is -2.23. The van der Waals surface area contributed by atoms with Crippen molar-refractivity contribution in [3.05, 3.63) is 76.2 Å². The predicted octanol–water partition coefficient (Wildman–Crippen LogP) is 6.68. The molecule has 0 saturated heterocycles. The highest BCUT2D eigenvalue weighted by Crippen LogP contribution is 2.38. The number of non-ortho nitro benzene ring substituents is 1. The van der Waals surface area contributed by atoms with Gasteiger partial charge < -0.3 is 20.5 Å². The summed E-state index contributed by atoms with van der Waals surface area (Å²) in [7, 11) is 0. The molecule has 0 bridgehead atoms. The molecular formula is C30H38N6O5. The van der Waals surface area contributed by atoms with Gasteiger partial charge in [0.05, 0.1) is 21.9 Å². The first-order valence-electron chi connectivity index (χ1n) is 13.9. The molecule has 11 heteroatoms. The quantitative estimate of drug-likeness (QED) is 0.119. The smallest absolute Gasteiger partial charge is 0.431 e. The Morgan fingerprint density at radius 1 is 1.24 bits per heavy atom. The highest BCUT2D eigenvalue weighted by molar-refractivity contribution is 5.64. The number of nitrogens with one attached hydrogen (secondary N) is 1. The molecule has 0 spiro atoms. The number of nitrogens with two attached hydrogens (primary N) is 1. The first-order chi connectivity index (χ1) is 19.5. The van der Waals surface area contributed by atoms with Crippen LogP contribution in [-0.4, -0.2) is 38.0 Å². The van der Waals surface area contributed by atoms with Crippen molar-refractivity contribution < 1.29 is 19.2 Å². The van der Waals surface area contributed by atoms with Crippen molar-refractivity contribution in [1.82, 2.24) is 14.8 Å². The van der Waals surface area contributed by atoms with Gasteiger partial charge in [0.25, 0.3) is 5.69 Å². The minimum Gasteiger partial charge on any atom is -0.431 e. The normalized spacial score (nSPS) is 17.9. The van der Waals surface area contributed by atoms with Gasteiger partial charge in [0.15, 0.2) is 0 Å². The number of allylic oxidation sites excluding steroid dienone is 1. The topological polar surface area (TPSA) is 147 Å². The van der Waals surface area contributed by atoms with E-state index in [9.17, 15) is 14.9 Å². The first-order valence-corrected chi connectivity index (χ1v) is 13.9. The van der Waals surface area contributed by atoms with E-state index in [1.807, 2.05) is 29.8 Å². The van der Waals surface area contributed by atoms with Crippen LogP contribution in [0.25, 0.3) is 6.08 Å². The summed E-state index contributed by atoms with van der Waals surface area (Å²) in [6.07, 6.45) is 8.70. The Hall–Kier alpha value is -4.25. The summed E-state index contributed by atoms with van der Waals surface area (Å²) in [4.78, 5) is 27.1. The van der Waals surface area contributed by atoms with Gasteiger partial charge in [0.1, 0.15) is 17.7 Å². The van der Waals surface area contributed by atoms with E-state index in [0.29, 0.717) is 12.8 Å². The fourth-order valence-corrected chi connectivity index (χ4v) is 4.74. The van der Waals surface area contributed by atoms with Crippen LogP contribution in [0.15, 0.2) is 54.7 Å². The zero-order valence-corrected chi connectivity index (χ0v) is 23.9. The standard InChI is InChI=1S/C30H38N6O5/c1-20(31)7-5-6-8-22-18-23(15-16-32-22)33-28-19-27(34-35(28)30(2,3)4)21-9-12-26(17-21)41-29(37)40-25-13-10-24(11-14-25)36(38)39/h6,8,10-11,13-16,18-21,26H,5,7,9,12,17,31H2,1-4H3,(H,32,33)/b8-6+/t20-,21+,26-/m1/s1. The van der Waals surface area contributed by atoms with Crippen LogP contribution in [0, 0.1) is 10.1 Å². The van der Waals surface area contributed by atoms with Gasteiger partial charge in [0, 0.05) is 42.0 Å². The number of ether oxygens (including phenoxy) is 2. The molecule has 1 fully saturated rings. The number of rotatable bonds is 10. The Morgan fingerprint density at radius 3 is 2.68 bits per heavy atom. The molecule has 2 heterocycles. The largest absolute Gasteiger partial charge is 0.514 e. The summed E-state index contributed by atoms with van der Waals surface area (Å²) in [5.74, 6) is 1.18. The van der Waals surface area contributed by atoms with Crippen molar-refractivity contribution in [1.29, 1.82) is 0 Å². The monoisotopic (exact) mass is 562 g/mol. The second-order valence-corrected chi connectivity index (χ2v) is 11.4. The number of aromatic nitrogens is 3. The van der Waals surface area contributed by atoms with Gasteiger partial charge in [-0.15, -0.1) is 0 Å². The van der Waals surface area contributed by atoms with Gasteiger partial charge in [-0.1, -0.05) is 6.08 Å². The van der Waals surface area contributed by atoms with Crippen LogP contribution >= 0.6 is 0 Å². The van der Waals surface area contributed by atoms with E-state index < -0.39 is 11.1 Å². The number of nitro benzene ring substituents is 1. The average molecular weight is 563 g/mol. The molecule has 1 aliphatic carbocycles. The Balaban J connectivity index is 1.39. The second kappa shape index (κ2) is 12.9. The van der Waals surface area contributed by atoms with Crippen molar-refractivity contribution in [2.24, 2.45) is 5.73 Å². The number of anilines is 2. The molecule has 41 heavy (non-hydrogen) atoms. The van der Waals surface area contributed by atoms with Gasteiger partial charge in [-0.2, -0.15) is 5.10 Å². The molecule has 1 aromatic carbocycles. The molecule has 0 unspecified atom stereocenters. The average Bonchev–Trinajstić information content (AvgIpc) is 3.54. The van der Waals surface area contributed by atoms with E-state index in [2.05, 4.69) is 43.2 Å². The highest BCUT2D eigenvalue weighted by Gasteiger charge is 2.32. The molecule has 1 saturated carbocycles. The van der Waals surface area contributed by atoms with Crippen LogP contribution < -0.4 is 15.8 Å². The van der Waals surface area contributed by atoms with Crippen molar-refractivity contribution in [3.63, 3.8) is 0 Å². The predicted molar refractivity (Wildman–Crippen MR) is 157 cm³/mol. The van der Waals surface area contributed by atoms with E-state index in [1.165, 1.54) is 24.3 Å². The number of benzene rings is 1. The van der Waals surface area contributed by atoms with E-state index in [1.54, 1.807) is 6.20 Å². The van der Waals surface area contributed by atoms with Crippen molar-refractivity contribution >= 4 is 29.4 Å². The molecule has 0 aliphatic heterocycles. The lowest BCUT2D eigenvalue weighted by atomic mass is 10.0. The van der Waals surface area contributed by atoms with E-state index in [-0.39, 0.29) is 35.0 Å². The van der Waals surface area contributed by atoms with Crippen LogP contribution in [0.5, 0.6) is 5.75 Å². The number of nitro groups is 1. The van der Waals surface area contributed by atoms with Gasteiger partial charge in [-0.25, -0.2) is 9.48 Å². The maximum absolute atomic E-state index is 12.3. The van der Waals surface area contributed by atoms with Crippen LogP contribution in [0.4, 0.5) is 22.0 Å². The summed E-state index contributed by atoms with van der Waals surface area (Å²) in [5, 5.41) is 19.3. The summed E-state index contributed by atoms with van der Waals surface area (Å²) in [5.41, 5.74) is 8.19. The molecular weight excluding hydrogens is 524 g/mol. The van der Waals surface area contributed by atoms with Gasteiger partial charge in [-0.05, 0) is 90.1 Å². The molecule has 3 aromatic rings. The van der Waals surface area contributed by atoms with Crippen LogP contribution in [0.3, 0.4) is 0 Å². The third-order valence-electron chi connectivity index (χ3n) is 6.81. The Labute approximate surface area is 239 Å². The summed E-state index contributed by atoms with van der Waals surface area (Å²) < 4.78 is 12.7. The minimum atomic E-state index is -0.827. The van der Waals surface area contributed by atoms with E-state index in [0.717, 1.165) is 42.2 Å². The minimum absolute atomic E-state index is 0.0814. The maximum Gasteiger partial charge on any atom is 0.514 e. The fourth-order valence-electron chi connectivity index (χ4n) is 4.74. The van der Waals surface area contributed by atoms with Crippen LogP contribution in [-0.2, 0) is 10.3 Å². The van der Waals surface area contributed by atoms with Crippen LogP contribution in [0.1, 0.15) is 77.1 Å². The zero-order valence-electron chi connectivity index (χ0n) is 23.9. The van der Waals surface area contributed by atoms with Gasteiger partial charge in [0.2, 0.25) is 0 Å². The molecule has 2 aromatic heterocycles. The maximum atomic E-state index is 12.3. The number of carbonyl (C=O) groups is 1. The van der Waals surface area contributed by atoms with Crippen molar-refractivity contribution in [2.45, 2.75) is 83.4 Å². The summed E-state index contributed by atoms with van der Waals surface area (Å²) in [6, 6.07) is 11.4. The molecule has 11 nitrogen and oxygen atoms in total. The van der Waals surface area contributed by atoms with Crippen LogP contribution in [0.2, 0.25) is 0 Å². The molecule has 0 amide bonds. The second-order valence-electron chi connectivity index (χ2n) is 11.4. The summed E-state index contributed by atoms with van der Waals surface area (Å²) >= 11 is 0. The molecule has 3 atom stereocenters. The molecule has 0 radical (unpaired) electrons.